The van der Waals surface area contributed by atoms with Gasteiger partial charge in [0.15, 0.2) is 5.78 Å². The van der Waals surface area contributed by atoms with Crippen LogP contribution in [-0.2, 0) is 4.79 Å². The van der Waals surface area contributed by atoms with Crippen LogP contribution in [0.5, 0.6) is 0 Å². The number of carbonyl (C=O) groups is 1. The Morgan fingerprint density at radius 1 is 1.45 bits per heavy atom. The Hall–Kier alpha value is -0.790. The molecule has 0 saturated heterocycles. The highest BCUT2D eigenvalue weighted by Gasteiger charge is 1.97. The van der Waals surface area contributed by atoms with E-state index in [-0.39, 0.29) is 5.78 Å². The van der Waals surface area contributed by atoms with Gasteiger partial charge in [0, 0.05) is 26.2 Å². The molecule has 0 N–H and O–H groups in total. The molecular weight excluding hydrogens is 138 g/mol. The van der Waals surface area contributed by atoms with Gasteiger partial charge in [-0.05, 0) is 19.4 Å². The van der Waals surface area contributed by atoms with E-state index < -0.39 is 0 Å². The van der Waals surface area contributed by atoms with E-state index in [9.17, 15) is 4.79 Å². The van der Waals surface area contributed by atoms with Crippen LogP contribution >= 0.6 is 0 Å². The third-order valence-corrected chi connectivity index (χ3v) is 1.57. The third kappa shape index (κ3) is 4.59. The maximum atomic E-state index is 11.1. The smallest absolute Gasteiger partial charge is 0.157 e. The highest BCUT2D eigenvalue weighted by molar-refractivity contribution is 5.90. The molecule has 0 amide bonds. The second-order valence-corrected chi connectivity index (χ2v) is 2.90. The zero-order valence-electron chi connectivity index (χ0n) is 7.85. The van der Waals surface area contributed by atoms with Crippen molar-refractivity contribution in [3.05, 3.63) is 11.8 Å². The Labute approximate surface area is 68.9 Å². The first-order valence-corrected chi connectivity index (χ1v) is 3.96. The van der Waals surface area contributed by atoms with Crippen molar-refractivity contribution in [1.29, 1.82) is 0 Å². The molecular formula is C9H17NO. The van der Waals surface area contributed by atoms with Crippen molar-refractivity contribution in [3.63, 3.8) is 0 Å². The van der Waals surface area contributed by atoms with Crippen LogP contribution in [0.3, 0.4) is 0 Å². The lowest BCUT2D eigenvalue weighted by molar-refractivity contribution is -0.114. The zero-order chi connectivity index (χ0) is 8.85. The fourth-order valence-corrected chi connectivity index (χ4v) is 0.681. The summed E-state index contributed by atoms with van der Waals surface area (Å²) < 4.78 is 0. The van der Waals surface area contributed by atoms with Gasteiger partial charge in [-0.1, -0.05) is 6.92 Å². The van der Waals surface area contributed by atoms with Crippen LogP contribution in [0, 0.1) is 0 Å². The molecule has 0 rings (SSSR count). The van der Waals surface area contributed by atoms with Gasteiger partial charge in [-0.3, -0.25) is 4.79 Å². The molecule has 0 radical (unpaired) electrons. The molecule has 0 atom stereocenters. The van der Waals surface area contributed by atoms with Crippen molar-refractivity contribution in [1.82, 2.24) is 4.90 Å². The average molecular weight is 155 g/mol. The topological polar surface area (TPSA) is 20.3 Å². The average Bonchev–Trinajstić information content (AvgIpc) is 1.87. The van der Waals surface area contributed by atoms with Gasteiger partial charge in [0.1, 0.15) is 0 Å². The standard InChI is InChI=1S/C9H17NO/c1-5-6-9(11)7-8(2)10(3)4/h7H,5-6H2,1-4H3/b8-7+. The van der Waals surface area contributed by atoms with Crippen molar-refractivity contribution in [3.8, 4) is 0 Å². The van der Waals surface area contributed by atoms with Crippen LogP contribution in [0.15, 0.2) is 11.8 Å². The zero-order valence-corrected chi connectivity index (χ0v) is 7.85. The van der Waals surface area contributed by atoms with E-state index in [2.05, 4.69) is 0 Å². The SMILES string of the molecule is CCCC(=O)/C=C(\C)N(C)C. The normalized spacial score (nSPS) is 11.5. The number of rotatable bonds is 4. The summed E-state index contributed by atoms with van der Waals surface area (Å²) in [6, 6.07) is 0. The molecule has 0 fully saturated rings. The van der Waals surface area contributed by atoms with E-state index in [1.807, 2.05) is 32.8 Å². The molecule has 0 aliphatic carbocycles. The summed E-state index contributed by atoms with van der Waals surface area (Å²) in [6.45, 7) is 3.95. The molecule has 2 heteroatoms. The van der Waals surface area contributed by atoms with Crippen LogP contribution in [0.4, 0.5) is 0 Å². The first-order valence-electron chi connectivity index (χ1n) is 3.96. The summed E-state index contributed by atoms with van der Waals surface area (Å²) in [5, 5.41) is 0. The molecule has 0 aromatic heterocycles. The summed E-state index contributed by atoms with van der Waals surface area (Å²) in [4.78, 5) is 13.0. The Balaban J connectivity index is 3.97. The minimum atomic E-state index is 0.221. The van der Waals surface area contributed by atoms with E-state index in [1.54, 1.807) is 6.08 Å². The molecule has 2 nitrogen and oxygen atoms in total. The Kier molecular flexibility index (Phi) is 4.59. The molecule has 0 aliphatic heterocycles. The predicted octanol–water partition coefficient (Wildman–Crippen LogP) is 1.82. The predicted molar refractivity (Wildman–Crippen MR) is 47.4 cm³/mol. The van der Waals surface area contributed by atoms with Gasteiger partial charge in [-0.2, -0.15) is 0 Å². The quantitative estimate of drug-likeness (QED) is 0.577. The maximum absolute atomic E-state index is 11.1. The number of nitrogens with zero attached hydrogens (tertiary/aromatic N) is 1. The van der Waals surface area contributed by atoms with Gasteiger partial charge in [-0.15, -0.1) is 0 Å². The first-order chi connectivity index (χ1) is 5.07. The van der Waals surface area contributed by atoms with E-state index in [0.717, 1.165) is 12.1 Å². The van der Waals surface area contributed by atoms with Gasteiger partial charge < -0.3 is 4.90 Å². The molecule has 0 aromatic carbocycles. The molecule has 0 bridgehead atoms. The fourth-order valence-electron chi connectivity index (χ4n) is 0.681. The lowest BCUT2D eigenvalue weighted by atomic mass is 10.2. The summed E-state index contributed by atoms with van der Waals surface area (Å²) in [7, 11) is 3.87. The highest BCUT2D eigenvalue weighted by Crippen LogP contribution is 1.99. The van der Waals surface area contributed by atoms with Crippen molar-refractivity contribution in [2.24, 2.45) is 0 Å². The third-order valence-electron chi connectivity index (χ3n) is 1.57. The largest absolute Gasteiger partial charge is 0.381 e. The molecule has 0 aromatic rings. The molecule has 0 aliphatic rings. The van der Waals surface area contributed by atoms with Gasteiger partial charge in [-0.25, -0.2) is 0 Å². The second kappa shape index (κ2) is 4.94. The van der Waals surface area contributed by atoms with Crippen LogP contribution in [0.2, 0.25) is 0 Å². The Morgan fingerprint density at radius 3 is 2.36 bits per heavy atom. The minimum Gasteiger partial charge on any atom is -0.381 e. The van der Waals surface area contributed by atoms with Gasteiger partial charge in [0.05, 0.1) is 0 Å². The molecule has 11 heavy (non-hydrogen) atoms. The van der Waals surface area contributed by atoms with Crippen LogP contribution in [0.1, 0.15) is 26.7 Å². The summed E-state index contributed by atoms with van der Waals surface area (Å²) in [6.07, 6.45) is 3.28. The first kappa shape index (κ1) is 10.2. The monoisotopic (exact) mass is 155 g/mol. The summed E-state index contributed by atoms with van der Waals surface area (Å²) in [5.41, 5.74) is 1.02. The molecule has 0 heterocycles. The van der Waals surface area contributed by atoms with Crippen LogP contribution in [0.25, 0.3) is 0 Å². The van der Waals surface area contributed by atoms with Gasteiger partial charge >= 0.3 is 0 Å². The van der Waals surface area contributed by atoms with E-state index in [4.69, 9.17) is 0 Å². The number of allylic oxidation sites excluding steroid dienone is 2. The number of ketones is 1. The van der Waals surface area contributed by atoms with E-state index in [0.29, 0.717) is 6.42 Å². The van der Waals surface area contributed by atoms with Crippen LogP contribution in [-0.4, -0.2) is 24.8 Å². The van der Waals surface area contributed by atoms with Gasteiger partial charge in [0.2, 0.25) is 0 Å². The van der Waals surface area contributed by atoms with E-state index >= 15 is 0 Å². The van der Waals surface area contributed by atoms with Crippen molar-refractivity contribution in [2.45, 2.75) is 26.7 Å². The molecule has 64 valence electrons. The lowest BCUT2D eigenvalue weighted by Gasteiger charge is -2.11. The summed E-state index contributed by atoms with van der Waals surface area (Å²) >= 11 is 0. The van der Waals surface area contributed by atoms with E-state index in [1.165, 1.54) is 0 Å². The van der Waals surface area contributed by atoms with Crippen molar-refractivity contribution >= 4 is 5.78 Å². The Bertz CT molecular complexity index is 159. The highest BCUT2D eigenvalue weighted by atomic mass is 16.1. The van der Waals surface area contributed by atoms with Gasteiger partial charge in [0.25, 0.3) is 0 Å². The fraction of sp³-hybridized carbons (Fsp3) is 0.667. The summed E-state index contributed by atoms with van der Waals surface area (Å²) in [5.74, 6) is 0.221. The number of hydrogen-bond donors (Lipinski definition) is 0. The Morgan fingerprint density at radius 2 is 2.00 bits per heavy atom. The molecule has 0 spiro atoms. The lowest BCUT2D eigenvalue weighted by Crippen LogP contribution is -2.09. The van der Waals surface area contributed by atoms with Crippen molar-refractivity contribution in [2.75, 3.05) is 14.1 Å². The molecule has 0 unspecified atom stereocenters. The van der Waals surface area contributed by atoms with Crippen LogP contribution < -0.4 is 0 Å². The second-order valence-electron chi connectivity index (χ2n) is 2.90. The molecule has 0 saturated carbocycles. The maximum Gasteiger partial charge on any atom is 0.157 e. The minimum absolute atomic E-state index is 0.221. The number of carbonyl (C=O) groups excluding carboxylic acids is 1. The number of hydrogen-bond acceptors (Lipinski definition) is 2. The van der Waals surface area contributed by atoms with Crippen molar-refractivity contribution < 1.29 is 4.79 Å².